The predicted molar refractivity (Wildman–Crippen MR) is 114 cm³/mol. The van der Waals surface area contributed by atoms with Crippen LogP contribution in [0.4, 0.5) is 0 Å². The number of unbranched alkanes of at least 4 members (excludes halogenated alkanes) is 4. The number of rotatable bonds is 18. The van der Waals surface area contributed by atoms with Crippen LogP contribution >= 0.6 is 0 Å². The predicted octanol–water partition coefficient (Wildman–Crippen LogP) is 3.39. The van der Waals surface area contributed by atoms with Gasteiger partial charge < -0.3 is 20.4 Å². The van der Waals surface area contributed by atoms with Gasteiger partial charge in [-0.15, -0.1) is 0 Å². The molecule has 0 aliphatic rings. The third-order valence-corrected chi connectivity index (χ3v) is 4.19. The van der Waals surface area contributed by atoms with Crippen LogP contribution in [0.3, 0.4) is 0 Å². The summed E-state index contributed by atoms with van der Waals surface area (Å²) >= 11 is 0. The van der Waals surface area contributed by atoms with Gasteiger partial charge in [0.1, 0.15) is 12.2 Å². The van der Waals surface area contributed by atoms with Crippen molar-refractivity contribution in [3.8, 4) is 0 Å². The lowest BCUT2D eigenvalue weighted by molar-refractivity contribution is -0.134. The zero-order chi connectivity index (χ0) is 20.9. The summed E-state index contributed by atoms with van der Waals surface area (Å²) in [7, 11) is 0. The standard InChI is InChI=1S/C23H38O5/c24-19-17-15-13-11-9-7-5-3-1-2-4-6-8-10-12-14-16-18-21(26)23(28)22(27)20-25/h1,3-4,6-7,9-10,12,22-25,27-28H,2,5,8,11,13-20H2/b3-1-,6-4-,9-7-,12-10-. The molecule has 0 saturated carbocycles. The molecule has 0 fully saturated rings. The SMILES string of the molecule is O=C(CCC/C=C\C/C=C\C/C=C\C/C=C\CCCCCO)C(O)C(O)CO. The minimum atomic E-state index is -1.49. The highest BCUT2D eigenvalue weighted by Gasteiger charge is 2.22. The van der Waals surface area contributed by atoms with Gasteiger partial charge in [-0.3, -0.25) is 4.79 Å². The highest BCUT2D eigenvalue weighted by molar-refractivity contribution is 5.83. The highest BCUT2D eigenvalue weighted by atomic mass is 16.4. The van der Waals surface area contributed by atoms with E-state index in [0.29, 0.717) is 13.0 Å². The molecule has 0 rings (SSSR count). The number of aliphatic hydroxyl groups excluding tert-OH is 4. The van der Waals surface area contributed by atoms with E-state index in [1.807, 2.05) is 12.2 Å². The second-order valence-electron chi connectivity index (χ2n) is 6.72. The lowest BCUT2D eigenvalue weighted by Gasteiger charge is -2.13. The molecule has 0 aliphatic heterocycles. The summed E-state index contributed by atoms with van der Waals surface area (Å²) in [6, 6.07) is 0. The lowest BCUT2D eigenvalue weighted by atomic mass is 10.0. The fourth-order valence-corrected chi connectivity index (χ4v) is 2.46. The van der Waals surface area contributed by atoms with Crippen molar-refractivity contribution >= 4 is 5.78 Å². The summed E-state index contributed by atoms with van der Waals surface area (Å²) in [6.07, 6.45) is 22.6. The van der Waals surface area contributed by atoms with E-state index in [2.05, 4.69) is 36.5 Å². The quantitative estimate of drug-likeness (QED) is 0.211. The molecule has 0 aromatic rings. The Bertz CT molecular complexity index is 479. The van der Waals surface area contributed by atoms with E-state index in [1.54, 1.807) is 0 Å². The van der Waals surface area contributed by atoms with Crippen LogP contribution in [-0.4, -0.2) is 51.6 Å². The van der Waals surface area contributed by atoms with Gasteiger partial charge in [0.2, 0.25) is 0 Å². The molecule has 0 bridgehead atoms. The molecular weight excluding hydrogens is 356 g/mol. The smallest absolute Gasteiger partial charge is 0.164 e. The summed E-state index contributed by atoms with van der Waals surface area (Å²) in [6.45, 7) is -0.323. The summed E-state index contributed by atoms with van der Waals surface area (Å²) in [5.74, 6) is -0.432. The minimum Gasteiger partial charge on any atom is -0.396 e. The van der Waals surface area contributed by atoms with E-state index in [1.165, 1.54) is 0 Å². The normalized spacial score (nSPS) is 14.7. The van der Waals surface area contributed by atoms with Crippen molar-refractivity contribution in [1.29, 1.82) is 0 Å². The average Bonchev–Trinajstić information content (AvgIpc) is 2.71. The van der Waals surface area contributed by atoms with E-state index in [-0.39, 0.29) is 6.42 Å². The molecular formula is C23H38O5. The van der Waals surface area contributed by atoms with Crippen molar-refractivity contribution < 1.29 is 25.2 Å². The van der Waals surface area contributed by atoms with Crippen LogP contribution in [0.25, 0.3) is 0 Å². The van der Waals surface area contributed by atoms with Crippen LogP contribution in [0.15, 0.2) is 48.6 Å². The van der Waals surface area contributed by atoms with E-state index in [0.717, 1.165) is 51.4 Å². The van der Waals surface area contributed by atoms with Gasteiger partial charge in [-0.2, -0.15) is 0 Å². The molecule has 0 aliphatic carbocycles. The van der Waals surface area contributed by atoms with Gasteiger partial charge in [0.15, 0.2) is 5.78 Å². The van der Waals surface area contributed by atoms with Crippen molar-refractivity contribution in [2.75, 3.05) is 13.2 Å². The highest BCUT2D eigenvalue weighted by Crippen LogP contribution is 2.05. The van der Waals surface area contributed by atoms with E-state index >= 15 is 0 Å². The third-order valence-electron chi connectivity index (χ3n) is 4.19. The largest absolute Gasteiger partial charge is 0.396 e. The Morgan fingerprint density at radius 2 is 1.18 bits per heavy atom. The fraction of sp³-hybridized carbons (Fsp3) is 0.609. The number of hydrogen-bond donors (Lipinski definition) is 4. The number of ketones is 1. The molecule has 5 heteroatoms. The first-order valence-corrected chi connectivity index (χ1v) is 10.3. The molecule has 0 aromatic carbocycles. The number of carbonyl (C=O) groups excluding carboxylic acids is 1. The van der Waals surface area contributed by atoms with Crippen molar-refractivity contribution in [3.63, 3.8) is 0 Å². The molecule has 2 atom stereocenters. The minimum absolute atomic E-state index is 0.195. The van der Waals surface area contributed by atoms with Gasteiger partial charge >= 0.3 is 0 Å². The molecule has 0 amide bonds. The molecule has 160 valence electrons. The van der Waals surface area contributed by atoms with Crippen molar-refractivity contribution in [3.05, 3.63) is 48.6 Å². The third kappa shape index (κ3) is 16.6. The van der Waals surface area contributed by atoms with Crippen LogP contribution in [0.1, 0.15) is 64.2 Å². The van der Waals surface area contributed by atoms with E-state index in [9.17, 15) is 15.0 Å². The second-order valence-corrected chi connectivity index (χ2v) is 6.72. The van der Waals surface area contributed by atoms with E-state index in [4.69, 9.17) is 10.2 Å². The van der Waals surface area contributed by atoms with Gasteiger partial charge in [0.05, 0.1) is 6.61 Å². The zero-order valence-electron chi connectivity index (χ0n) is 17.0. The monoisotopic (exact) mass is 394 g/mol. The Morgan fingerprint density at radius 3 is 1.68 bits per heavy atom. The van der Waals surface area contributed by atoms with Crippen LogP contribution in [0.5, 0.6) is 0 Å². The van der Waals surface area contributed by atoms with Crippen LogP contribution < -0.4 is 0 Å². The topological polar surface area (TPSA) is 98.0 Å². The molecule has 28 heavy (non-hydrogen) atoms. The van der Waals surface area contributed by atoms with Gasteiger partial charge in [-0.1, -0.05) is 55.0 Å². The van der Waals surface area contributed by atoms with Gasteiger partial charge in [-0.05, 0) is 51.4 Å². The Hall–Kier alpha value is -1.53. The van der Waals surface area contributed by atoms with Gasteiger partial charge in [0.25, 0.3) is 0 Å². The first-order valence-electron chi connectivity index (χ1n) is 10.3. The van der Waals surface area contributed by atoms with E-state index < -0.39 is 24.6 Å². The van der Waals surface area contributed by atoms with Crippen LogP contribution in [-0.2, 0) is 4.79 Å². The Kier molecular flexibility index (Phi) is 19.1. The number of hydrogen-bond acceptors (Lipinski definition) is 5. The van der Waals surface area contributed by atoms with Gasteiger partial charge in [0, 0.05) is 13.0 Å². The average molecular weight is 395 g/mol. The lowest BCUT2D eigenvalue weighted by Crippen LogP contribution is -2.36. The first kappa shape index (κ1) is 26.5. The Labute approximate surface area is 169 Å². The number of Topliss-reactive ketones (excluding diaryl/α,β-unsaturated/α-hetero) is 1. The summed E-state index contributed by atoms with van der Waals surface area (Å²) in [5, 5.41) is 36.0. The summed E-state index contributed by atoms with van der Waals surface area (Å²) < 4.78 is 0. The number of aliphatic hydroxyl groups is 4. The first-order chi connectivity index (χ1) is 13.6. The number of allylic oxidation sites excluding steroid dienone is 8. The van der Waals surface area contributed by atoms with Gasteiger partial charge in [-0.25, -0.2) is 0 Å². The molecule has 2 unspecified atom stereocenters. The Morgan fingerprint density at radius 1 is 0.679 bits per heavy atom. The molecule has 4 N–H and O–H groups in total. The number of carbonyl (C=O) groups is 1. The molecule has 0 aromatic heterocycles. The zero-order valence-corrected chi connectivity index (χ0v) is 17.0. The van der Waals surface area contributed by atoms with Crippen LogP contribution in [0, 0.1) is 0 Å². The molecule has 0 radical (unpaired) electrons. The van der Waals surface area contributed by atoms with Crippen LogP contribution in [0.2, 0.25) is 0 Å². The molecule has 0 saturated heterocycles. The molecule has 0 heterocycles. The maximum Gasteiger partial charge on any atom is 0.164 e. The Balaban J connectivity index is 3.58. The molecule has 5 nitrogen and oxygen atoms in total. The second kappa shape index (κ2) is 20.2. The molecule has 0 spiro atoms. The van der Waals surface area contributed by atoms with Crippen molar-refractivity contribution in [2.24, 2.45) is 0 Å². The maximum absolute atomic E-state index is 11.5. The maximum atomic E-state index is 11.5. The fourth-order valence-electron chi connectivity index (χ4n) is 2.46. The summed E-state index contributed by atoms with van der Waals surface area (Å²) in [4.78, 5) is 11.5. The summed E-state index contributed by atoms with van der Waals surface area (Å²) in [5.41, 5.74) is 0. The van der Waals surface area contributed by atoms with Crippen molar-refractivity contribution in [1.82, 2.24) is 0 Å². The van der Waals surface area contributed by atoms with Crippen molar-refractivity contribution in [2.45, 2.75) is 76.4 Å².